The van der Waals surface area contributed by atoms with Crippen LogP contribution in [0.5, 0.6) is 11.5 Å². The zero-order valence-corrected chi connectivity index (χ0v) is 18.0. The first-order valence-corrected chi connectivity index (χ1v) is 11.2. The van der Waals surface area contributed by atoms with Gasteiger partial charge in [-0.2, -0.15) is 0 Å². The van der Waals surface area contributed by atoms with Gasteiger partial charge in [-0.3, -0.25) is 9.10 Å². The molecule has 8 heteroatoms. The smallest absolute Gasteiger partial charge is 0.232 e. The molecule has 0 aromatic heterocycles. The van der Waals surface area contributed by atoms with Crippen molar-refractivity contribution in [2.45, 2.75) is 32.8 Å². The molecular formula is C21H28N2O5S. The van der Waals surface area contributed by atoms with Gasteiger partial charge < -0.3 is 14.8 Å². The van der Waals surface area contributed by atoms with Gasteiger partial charge in [0, 0.05) is 18.7 Å². The lowest BCUT2D eigenvalue weighted by atomic mass is 10.2. The maximum Gasteiger partial charge on any atom is 0.232 e. The summed E-state index contributed by atoms with van der Waals surface area (Å²) in [6.45, 7) is 4.06. The average Bonchev–Trinajstić information content (AvgIpc) is 2.65. The summed E-state index contributed by atoms with van der Waals surface area (Å²) in [6.07, 6.45) is 1.77. The first-order chi connectivity index (χ1) is 13.7. The van der Waals surface area contributed by atoms with Crippen LogP contribution in [-0.4, -0.2) is 40.3 Å². The van der Waals surface area contributed by atoms with E-state index in [-0.39, 0.29) is 25.0 Å². The summed E-state index contributed by atoms with van der Waals surface area (Å²) in [5, 5.41) is 2.81. The monoisotopic (exact) mass is 420 g/mol. The van der Waals surface area contributed by atoms with Crippen LogP contribution in [0.15, 0.2) is 48.5 Å². The van der Waals surface area contributed by atoms with Gasteiger partial charge >= 0.3 is 0 Å². The van der Waals surface area contributed by atoms with Crippen LogP contribution < -0.4 is 19.1 Å². The van der Waals surface area contributed by atoms with Crippen LogP contribution in [0, 0.1) is 0 Å². The van der Waals surface area contributed by atoms with Crippen LogP contribution in [0.1, 0.15) is 26.7 Å². The summed E-state index contributed by atoms with van der Waals surface area (Å²) in [4.78, 5) is 12.2. The second kappa shape index (κ2) is 10.2. The minimum Gasteiger partial charge on any atom is -0.495 e. The zero-order valence-electron chi connectivity index (χ0n) is 17.2. The molecule has 0 bridgehead atoms. The van der Waals surface area contributed by atoms with E-state index in [0.29, 0.717) is 23.5 Å². The number of para-hydroxylation sites is 2. The van der Waals surface area contributed by atoms with Gasteiger partial charge in [0.05, 0.1) is 25.2 Å². The maximum absolute atomic E-state index is 12.2. The fraction of sp³-hybridized carbons (Fsp3) is 0.381. The molecule has 29 heavy (non-hydrogen) atoms. The molecule has 2 aromatic rings. The van der Waals surface area contributed by atoms with Crippen LogP contribution in [0.2, 0.25) is 0 Å². The Morgan fingerprint density at radius 3 is 2.34 bits per heavy atom. The van der Waals surface area contributed by atoms with Crippen LogP contribution in [0.25, 0.3) is 0 Å². The third-order valence-corrected chi connectivity index (χ3v) is 5.21. The largest absolute Gasteiger partial charge is 0.495 e. The predicted molar refractivity (Wildman–Crippen MR) is 115 cm³/mol. The lowest BCUT2D eigenvalue weighted by Crippen LogP contribution is -2.31. The standard InChI is InChI=1S/C21H28N2O5S/c1-16(2)28-18-13-11-17(12-14-18)22-21(24)10-7-15-23(29(4,25)26)19-8-5-6-9-20(19)27-3/h5-6,8-9,11-14,16H,7,10,15H2,1-4H3,(H,22,24). The number of carbonyl (C=O) groups is 1. The Bertz CT molecular complexity index is 911. The molecule has 1 N–H and O–H groups in total. The number of sulfonamides is 1. The first-order valence-electron chi connectivity index (χ1n) is 9.38. The summed E-state index contributed by atoms with van der Waals surface area (Å²) in [7, 11) is -2.02. The molecule has 0 saturated heterocycles. The molecule has 0 fully saturated rings. The highest BCUT2D eigenvalue weighted by Crippen LogP contribution is 2.29. The summed E-state index contributed by atoms with van der Waals surface area (Å²) in [5.74, 6) is 1.01. The lowest BCUT2D eigenvalue weighted by molar-refractivity contribution is -0.116. The van der Waals surface area contributed by atoms with Crippen LogP contribution in [0.4, 0.5) is 11.4 Å². The van der Waals surface area contributed by atoms with Gasteiger partial charge in [0.15, 0.2) is 0 Å². The molecule has 0 aliphatic heterocycles. The number of rotatable bonds is 10. The Morgan fingerprint density at radius 2 is 1.76 bits per heavy atom. The van der Waals surface area contributed by atoms with E-state index in [4.69, 9.17) is 9.47 Å². The van der Waals surface area contributed by atoms with Crippen LogP contribution in [0.3, 0.4) is 0 Å². The Morgan fingerprint density at radius 1 is 1.10 bits per heavy atom. The van der Waals surface area contributed by atoms with Crippen LogP contribution in [-0.2, 0) is 14.8 Å². The van der Waals surface area contributed by atoms with Crippen LogP contribution >= 0.6 is 0 Å². The summed E-state index contributed by atoms with van der Waals surface area (Å²) in [6, 6.07) is 14.0. The van der Waals surface area contributed by atoms with E-state index in [1.165, 1.54) is 11.4 Å². The third kappa shape index (κ3) is 6.98. The molecule has 0 unspecified atom stereocenters. The van der Waals surface area contributed by atoms with Gasteiger partial charge in [-0.25, -0.2) is 8.42 Å². The Kier molecular flexibility index (Phi) is 7.90. The lowest BCUT2D eigenvalue weighted by Gasteiger charge is -2.24. The quantitative estimate of drug-likeness (QED) is 0.634. The fourth-order valence-corrected chi connectivity index (χ4v) is 3.77. The summed E-state index contributed by atoms with van der Waals surface area (Å²) >= 11 is 0. The highest BCUT2D eigenvalue weighted by atomic mass is 32.2. The third-order valence-electron chi connectivity index (χ3n) is 4.03. The number of benzene rings is 2. The van der Waals surface area contributed by atoms with Crippen molar-refractivity contribution in [1.82, 2.24) is 0 Å². The van der Waals surface area contributed by atoms with Gasteiger partial charge in [-0.15, -0.1) is 0 Å². The van der Waals surface area contributed by atoms with Gasteiger partial charge in [0.25, 0.3) is 0 Å². The van der Waals surface area contributed by atoms with Crippen molar-refractivity contribution >= 4 is 27.3 Å². The SMILES string of the molecule is COc1ccccc1N(CCCC(=O)Nc1ccc(OC(C)C)cc1)S(C)(=O)=O. The van der Waals surface area contributed by atoms with E-state index in [1.807, 2.05) is 13.8 Å². The number of hydrogen-bond acceptors (Lipinski definition) is 5. The van der Waals surface area contributed by atoms with Crippen molar-refractivity contribution in [3.05, 3.63) is 48.5 Å². The maximum atomic E-state index is 12.2. The molecule has 158 valence electrons. The van der Waals surface area contributed by atoms with Gasteiger partial charge in [0.1, 0.15) is 11.5 Å². The molecule has 1 amide bonds. The van der Waals surface area contributed by atoms with Gasteiger partial charge in [0.2, 0.25) is 15.9 Å². The number of anilines is 2. The number of carbonyl (C=O) groups excluding carboxylic acids is 1. The number of methoxy groups -OCH3 is 1. The predicted octanol–water partition coefficient (Wildman–Crippen LogP) is 3.67. The minimum atomic E-state index is -3.51. The highest BCUT2D eigenvalue weighted by molar-refractivity contribution is 7.92. The molecule has 0 saturated carbocycles. The Balaban J connectivity index is 1.94. The van der Waals surface area contributed by atoms with Gasteiger partial charge in [-0.05, 0) is 56.7 Å². The molecule has 0 aliphatic carbocycles. The summed E-state index contributed by atoms with van der Waals surface area (Å²) < 4.78 is 36.6. The number of amides is 1. The van der Waals surface area contributed by atoms with E-state index in [2.05, 4.69) is 5.32 Å². The molecular weight excluding hydrogens is 392 g/mol. The minimum absolute atomic E-state index is 0.0801. The van der Waals surface area contributed by atoms with E-state index in [9.17, 15) is 13.2 Å². The topological polar surface area (TPSA) is 84.9 Å². The molecule has 0 atom stereocenters. The number of nitrogens with zero attached hydrogens (tertiary/aromatic N) is 1. The highest BCUT2D eigenvalue weighted by Gasteiger charge is 2.20. The number of nitrogens with one attached hydrogen (secondary N) is 1. The van der Waals surface area contributed by atoms with Crippen molar-refractivity contribution in [3.8, 4) is 11.5 Å². The van der Waals surface area contributed by atoms with Crippen molar-refractivity contribution in [1.29, 1.82) is 0 Å². The van der Waals surface area contributed by atoms with Crippen molar-refractivity contribution in [2.75, 3.05) is 29.5 Å². The van der Waals surface area contributed by atoms with E-state index in [0.717, 1.165) is 12.0 Å². The van der Waals surface area contributed by atoms with E-state index >= 15 is 0 Å². The molecule has 0 heterocycles. The van der Waals surface area contributed by atoms with Crippen molar-refractivity contribution < 1.29 is 22.7 Å². The molecule has 2 rings (SSSR count). The second-order valence-corrected chi connectivity index (χ2v) is 8.76. The average molecular weight is 421 g/mol. The Labute approximate surface area is 172 Å². The zero-order chi connectivity index (χ0) is 21.4. The van der Waals surface area contributed by atoms with Gasteiger partial charge in [-0.1, -0.05) is 12.1 Å². The number of ether oxygens (including phenoxy) is 2. The van der Waals surface area contributed by atoms with Crippen molar-refractivity contribution in [2.24, 2.45) is 0 Å². The summed E-state index contributed by atoms with van der Waals surface area (Å²) in [5.41, 5.74) is 1.12. The molecule has 0 spiro atoms. The van der Waals surface area contributed by atoms with E-state index in [1.54, 1.807) is 48.5 Å². The Hall–Kier alpha value is -2.74. The normalized spacial score (nSPS) is 11.2. The second-order valence-electron chi connectivity index (χ2n) is 6.85. The molecule has 0 aliphatic rings. The molecule has 7 nitrogen and oxygen atoms in total. The first kappa shape index (κ1) is 22.5. The molecule has 2 aromatic carbocycles. The van der Waals surface area contributed by atoms with Crippen molar-refractivity contribution in [3.63, 3.8) is 0 Å². The number of hydrogen-bond donors (Lipinski definition) is 1. The molecule has 0 radical (unpaired) electrons. The fourth-order valence-electron chi connectivity index (χ4n) is 2.80. The van der Waals surface area contributed by atoms with E-state index < -0.39 is 10.0 Å².